The average molecular weight is 307 g/mol. The van der Waals surface area contributed by atoms with Gasteiger partial charge in [0.25, 0.3) is 0 Å². The fraction of sp³-hybridized carbons (Fsp3) is 0.333. The van der Waals surface area contributed by atoms with Gasteiger partial charge >= 0.3 is 0 Å². The number of rotatable bonds is 2. The number of halogens is 2. The molecule has 0 aliphatic rings. The summed E-state index contributed by atoms with van der Waals surface area (Å²) >= 11 is 12.8. The van der Waals surface area contributed by atoms with E-state index in [-0.39, 0.29) is 5.41 Å². The van der Waals surface area contributed by atoms with Crippen molar-refractivity contribution < 1.29 is 0 Å². The molecule has 0 aliphatic carbocycles. The SMILES string of the molecule is Cc1ccc(Cl)c(Cc2ccccc2C(C)(C)C)c1Cl. The molecule has 0 atom stereocenters. The quantitative estimate of drug-likeness (QED) is 0.620. The van der Waals surface area contributed by atoms with Gasteiger partial charge in [0, 0.05) is 16.5 Å². The van der Waals surface area contributed by atoms with Gasteiger partial charge in [-0.05, 0) is 40.7 Å². The molecule has 0 saturated carbocycles. The first-order valence-corrected chi connectivity index (χ1v) is 7.58. The predicted molar refractivity (Wildman–Crippen MR) is 89.1 cm³/mol. The molecule has 0 aliphatic heterocycles. The van der Waals surface area contributed by atoms with Crippen LogP contribution in [-0.2, 0) is 11.8 Å². The Hall–Kier alpha value is -0.980. The summed E-state index contributed by atoms with van der Waals surface area (Å²) in [5.74, 6) is 0. The lowest BCUT2D eigenvalue weighted by Gasteiger charge is -2.23. The molecule has 106 valence electrons. The molecule has 0 heterocycles. The van der Waals surface area contributed by atoms with E-state index in [2.05, 4.69) is 45.0 Å². The molecule has 2 aromatic carbocycles. The van der Waals surface area contributed by atoms with E-state index >= 15 is 0 Å². The Bertz CT molecular complexity index is 622. The van der Waals surface area contributed by atoms with Gasteiger partial charge in [-0.2, -0.15) is 0 Å². The molecule has 0 amide bonds. The first-order chi connectivity index (χ1) is 9.30. The zero-order valence-electron chi connectivity index (χ0n) is 12.4. The lowest BCUT2D eigenvalue weighted by molar-refractivity contribution is 0.584. The van der Waals surface area contributed by atoms with Crippen LogP contribution < -0.4 is 0 Å². The van der Waals surface area contributed by atoms with Crippen LogP contribution in [0.25, 0.3) is 0 Å². The third-order valence-electron chi connectivity index (χ3n) is 3.57. The van der Waals surface area contributed by atoms with Crippen LogP contribution in [0.3, 0.4) is 0 Å². The van der Waals surface area contributed by atoms with Gasteiger partial charge in [-0.1, -0.05) is 74.3 Å². The Morgan fingerprint density at radius 1 is 0.950 bits per heavy atom. The summed E-state index contributed by atoms with van der Waals surface area (Å²) in [5, 5.41) is 1.52. The number of benzene rings is 2. The average Bonchev–Trinajstić information content (AvgIpc) is 2.38. The molecule has 0 spiro atoms. The van der Waals surface area contributed by atoms with Crippen molar-refractivity contribution in [1.82, 2.24) is 0 Å². The standard InChI is InChI=1S/C18H20Cl2/c1-12-9-10-16(19)14(17(12)20)11-13-7-5-6-8-15(13)18(2,3)4/h5-10H,11H2,1-4H3. The summed E-state index contributed by atoms with van der Waals surface area (Å²) in [5.41, 5.74) is 4.83. The monoisotopic (exact) mass is 306 g/mol. The molecular weight excluding hydrogens is 287 g/mol. The summed E-state index contributed by atoms with van der Waals surface area (Å²) in [6, 6.07) is 12.4. The lowest BCUT2D eigenvalue weighted by atomic mass is 9.82. The van der Waals surface area contributed by atoms with E-state index in [0.717, 1.165) is 27.6 Å². The highest BCUT2D eigenvalue weighted by Crippen LogP contribution is 2.33. The van der Waals surface area contributed by atoms with Crippen molar-refractivity contribution in [3.63, 3.8) is 0 Å². The maximum atomic E-state index is 6.43. The highest BCUT2D eigenvalue weighted by molar-refractivity contribution is 6.36. The number of aryl methyl sites for hydroxylation is 1. The Labute approximate surface area is 131 Å². The summed E-state index contributed by atoms with van der Waals surface area (Å²) < 4.78 is 0. The van der Waals surface area contributed by atoms with Crippen molar-refractivity contribution in [2.75, 3.05) is 0 Å². The highest BCUT2D eigenvalue weighted by atomic mass is 35.5. The fourth-order valence-electron chi connectivity index (χ4n) is 2.47. The van der Waals surface area contributed by atoms with E-state index in [1.165, 1.54) is 11.1 Å². The molecule has 0 unspecified atom stereocenters. The topological polar surface area (TPSA) is 0 Å². The fourth-order valence-corrected chi connectivity index (χ4v) is 2.98. The molecular formula is C18H20Cl2. The second-order valence-corrected chi connectivity index (χ2v) is 7.03. The van der Waals surface area contributed by atoms with Gasteiger partial charge in [0.2, 0.25) is 0 Å². The zero-order chi connectivity index (χ0) is 14.9. The van der Waals surface area contributed by atoms with E-state index in [1.807, 2.05) is 19.1 Å². The van der Waals surface area contributed by atoms with Crippen molar-refractivity contribution in [3.8, 4) is 0 Å². The van der Waals surface area contributed by atoms with Crippen molar-refractivity contribution in [2.45, 2.75) is 39.5 Å². The minimum atomic E-state index is 0.110. The summed E-state index contributed by atoms with van der Waals surface area (Å²) in [4.78, 5) is 0. The van der Waals surface area contributed by atoms with Crippen molar-refractivity contribution in [2.24, 2.45) is 0 Å². The molecule has 0 saturated heterocycles. The van der Waals surface area contributed by atoms with Gasteiger partial charge in [0.15, 0.2) is 0 Å². The van der Waals surface area contributed by atoms with Gasteiger partial charge in [-0.25, -0.2) is 0 Å². The Morgan fingerprint density at radius 3 is 2.25 bits per heavy atom. The van der Waals surface area contributed by atoms with Crippen LogP contribution in [0.5, 0.6) is 0 Å². The zero-order valence-corrected chi connectivity index (χ0v) is 13.9. The van der Waals surface area contributed by atoms with Crippen LogP contribution in [0.4, 0.5) is 0 Å². The molecule has 0 bridgehead atoms. The minimum absolute atomic E-state index is 0.110. The van der Waals surface area contributed by atoms with Gasteiger partial charge in [0.1, 0.15) is 0 Å². The predicted octanol–water partition coefficient (Wildman–Crippen LogP) is 6.19. The van der Waals surface area contributed by atoms with Gasteiger partial charge in [-0.3, -0.25) is 0 Å². The maximum absolute atomic E-state index is 6.43. The van der Waals surface area contributed by atoms with Gasteiger partial charge in [0.05, 0.1) is 0 Å². The second-order valence-electron chi connectivity index (χ2n) is 6.24. The smallest absolute Gasteiger partial charge is 0.0485 e. The summed E-state index contributed by atoms with van der Waals surface area (Å²) in [7, 11) is 0. The largest absolute Gasteiger partial charge is 0.0840 e. The van der Waals surface area contributed by atoms with E-state index < -0.39 is 0 Å². The van der Waals surface area contributed by atoms with Crippen LogP contribution >= 0.6 is 23.2 Å². The number of hydrogen-bond acceptors (Lipinski definition) is 0. The molecule has 0 fully saturated rings. The first kappa shape index (κ1) is 15.4. The third kappa shape index (κ3) is 3.19. The summed E-state index contributed by atoms with van der Waals surface area (Å²) in [6.07, 6.45) is 0.771. The molecule has 2 heteroatoms. The molecule has 0 radical (unpaired) electrons. The molecule has 0 nitrogen and oxygen atoms in total. The van der Waals surface area contributed by atoms with Crippen LogP contribution in [0.2, 0.25) is 10.0 Å². The van der Waals surface area contributed by atoms with E-state index in [9.17, 15) is 0 Å². The first-order valence-electron chi connectivity index (χ1n) is 6.82. The minimum Gasteiger partial charge on any atom is -0.0840 e. The molecule has 0 N–H and O–H groups in total. The highest BCUT2D eigenvalue weighted by Gasteiger charge is 2.19. The number of hydrogen-bond donors (Lipinski definition) is 0. The Balaban J connectivity index is 2.49. The third-order valence-corrected chi connectivity index (χ3v) is 4.45. The molecule has 0 aromatic heterocycles. The lowest BCUT2D eigenvalue weighted by Crippen LogP contribution is -2.14. The van der Waals surface area contributed by atoms with Crippen LogP contribution in [-0.4, -0.2) is 0 Å². The molecule has 2 rings (SSSR count). The Morgan fingerprint density at radius 2 is 1.60 bits per heavy atom. The normalized spacial score (nSPS) is 11.7. The second kappa shape index (κ2) is 5.79. The van der Waals surface area contributed by atoms with Crippen molar-refractivity contribution in [1.29, 1.82) is 0 Å². The summed E-state index contributed by atoms with van der Waals surface area (Å²) in [6.45, 7) is 8.69. The van der Waals surface area contributed by atoms with E-state index in [0.29, 0.717) is 0 Å². The van der Waals surface area contributed by atoms with Crippen LogP contribution in [0.15, 0.2) is 36.4 Å². The molecule has 20 heavy (non-hydrogen) atoms. The van der Waals surface area contributed by atoms with Crippen molar-refractivity contribution in [3.05, 3.63) is 68.7 Å². The van der Waals surface area contributed by atoms with Crippen LogP contribution in [0.1, 0.15) is 43.0 Å². The van der Waals surface area contributed by atoms with Crippen LogP contribution in [0, 0.1) is 6.92 Å². The molecule has 2 aromatic rings. The van der Waals surface area contributed by atoms with E-state index in [1.54, 1.807) is 0 Å². The van der Waals surface area contributed by atoms with Gasteiger partial charge < -0.3 is 0 Å². The van der Waals surface area contributed by atoms with Gasteiger partial charge in [-0.15, -0.1) is 0 Å². The van der Waals surface area contributed by atoms with Crippen molar-refractivity contribution >= 4 is 23.2 Å². The van der Waals surface area contributed by atoms with E-state index in [4.69, 9.17) is 23.2 Å². The Kier molecular flexibility index (Phi) is 4.46. The maximum Gasteiger partial charge on any atom is 0.0485 e.